The van der Waals surface area contributed by atoms with Crippen molar-refractivity contribution < 1.29 is 9.13 Å². The van der Waals surface area contributed by atoms with Gasteiger partial charge in [-0.15, -0.1) is 0 Å². The second-order valence-corrected chi connectivity index (χ2v) is 4.80. The van der Waals surface area contributed by atoms with Gasteiger partial charge in [0.25, 0.3) is 0 Å². The lowest BCUT2D eigenvalue weighted by Crippen LogP contribution is -2.21. The molecule has 1 N–H and O–H groups in total. The highest BCUT2D eigenvalue weighted by atomic mass is 35.5. The Hall–Kier alpha value is -1.43. The number of hydrogen-bond acceptors (Lipinski definition) is 3. The predicted molar refractivity (Wildman–Crippen MR) is 76.3 cm³/mol. The maximum Gasteiger partial charge on any atom is 0.141 e. The van der Waals surface area contributed by atoms with Crippen LogP contribution in [0.1, 0.15) is 11.4 Å². The molecule has 1 aromatic carbocycles. The molecule has 0 amide bonds. The highest BCUT2D eigenvalue weighted by Gasteiger charge is 2.05. The van der Waals surface area contributed by atoms with Crippen LogP contribution in [0.15, 0.2) is 30.6 Å². The molecule has 0 bridgehead atoms. The number of ether oxygens (including phenoxy) is 1. The summed E-state index contributed by atoms with van der Waals surface area (Å²) < 4.78 is 20.1. The summed E-state index contributed by atoms with van der Waals surface area (Å²) >= 11 is 5.79. The number of nitrogens with one attached hydrogen (secondary N) is 1. The SMILES string of the molecule is COCCNCc1nccn1Cc1ccc(F)c(Cl)c1. The summed E-state index contributed by atoms with van der Waals surface area (Å²) in [6, 6.07) is 4.74. The first-order chi connectivity index (χ1) is 9.70. The van der Waals surface area contributed by atoms with E-state index in [2.05, 4.69) is 10.3 Å². The Labute approximate surface area is 122 Å². The van der Waals surface area contributed by atoms with E-state index in [0.29, 0.717) is 19.7 Å². The van der Waals surface area contributed by atoms with Gasteiger partial charge < -0.3 is 14.6 Å². The van der Waals surface area contributed by atoms with Gasteiger partial charge in [-0.1, -0.05) is 17.7 Å². The molecule has 2 rings (SSSR count). The molecule has 0 atom stereocenters. The van der Waals surface area contributed by atoms with Gasteiger partial charge in [0.15, 0.2) is 0 Å². The Bertz CT molecular complexity index is 559. The molecule has 6 heteroatoms. The zero-order valence-electron chi connectivity index (χ0n) is 11.3. The first kappa shape index (κ1) is 15.0. The summed E-state index contributed by atoms with van der Waals surface area (Å²) in [5.41, 5.74) is 0.938. The minimum absolute atomic E-state index is 0.141. The maximum atomic E-state index is 13.1. The molecule has 1 aromatic heterocycles. The van der Waals surface area contributed by atoms with Gasteiger partial charge in [-0.2, -0.15) is 0 Å². The lowest BCUT2D eigenvalue weighted by atomic mass is 10.2. The van der Waals surface area contributed by atoms with Gasteiger partial charge >= 0.3 is 0 Å². The number of nitrogens with zero attached hydrogens (tertiary/aromatic N) is 2. The average molecular weight is 298 g/mol. The number of hydrogen-bond donors (Lipinski definition) is 1. The second kappa shape index (κ2) is 7.38. The van der Waals surface area contributed by atoms with Crippen LogP contribution in [0.2, 0.25) is 5.02 Å². The quantitative estimate of drug-likeness (QED) is 0.798. The van der Waals surface area contributed by atoms with Crippen LogP contribution in [0.4, 0.5) is 4.39 Å². The van der Waals surface area contributed by atoms with Gasteiger partial charge in [0, 0.05) is 32.6 Å². The smallest absolute Gasteiger partial charge is 0.141 e. The molecule has 0 saturated heterocycles. The van der Waals surface area contributed by atoms with E-state index >= 15 is 0 Å². The van der Waals surface area contributed by atoms with Crippen molar-refractivity contribution in [3.05, 3.63) is 52.8 Å². The highest BCUT2D eigenvalue weighted by Crippen LogP contribution is 2.17. The Kier molecular flexibility index (Phi) is 5.52. The van der Waals surface area contributed by atoms with E-state index in [1.54, 1.807) is 25.4 Å². The van der Waals surface area contributed by atoms with Crippen LogP contribution in [0.3, 0.4) is 0 Å². The van der Waals surface area contributed by atoms with Crippen molar-refractivity contribution in [2.75, 3.05) is 20.3 Å². The van der Waals surface area contributed by atoms with E-state index in [4.69, 9.17) is 16.3 Å². The number of imidazole rings is 1. The molecule has 2 aromatic rings. The Morgan fingerprint density at radius 3 is 3.05 bits per heavy atom. The van der Waals surface area contributed by atoms with Crippen molar-refractivity contribution in [3.8, 4) is 0 Å². The summed E-state index contributed by atoms with van der Waals surface area (Å²) in [6.07, 6.45) is 3.64. The summed E-state index contributed by atoms with van der Waals surface area (Å²) in [7, 11) is 1.67. The van der Waals surface area contributed by atoms with E-state index < -0.39 is 5.82 Å². The molecule has 108 valence electrons. The van der Waals surface area contributed by atoms with Gasteiger partial charge in [-0.3, -0.25) is 0 Å². The van der Waals surface area contributed by atoms with Crippen molar-refractivity contribution in [3.63, 3.8) is 0 Å². The van der Waals surface area contributed by atoms with Crippen molar-refractivity contribution in [1.29, 1.82) is 0 Å². The lowest BCUT2D eigenvalue weighted by Gasteiger charge is -2.09. The largest absolute Gasteiger partial charge is 0.383 e. The lowest BCUT2D eigenvalue weighted by molar-refractivity contribution is 0.199. The molecule has 0 radical (unpaired) electrons. The molecule has 0 fully saturated rings. The minimum Gasteiger partial charge on any atom is -0.383 e. The number of benzene rings is 1. The molecule has 0 unspecified atom stereocenters. The van der Waals surface area contributed by atoms with Crippen LogP contribution in [-0.2, 0) is 17.8 Å². The number of halogens is 2. The normalized spacial score (nSPS) is 10.9. The molecule has 0 aliphatic rings. The molecule has 0 aliphatic carbocycles. The molecule has 0 spiro atoms. The van der Waals surface area contributed by atoms with Gasteiger partial charge in [-0.05, 0) is 17.7 Å². The molecule has 20 heavy (non-hydrogen) atoms. The first-order valence-electron chi connectivity index (χ1n) is 6.34. The molecule has 0 saturated carbocycles. The van der Waals surface area contributed by atoms with Crippen LogP contribution < -0.4 is 5.32 Å². The van der Waals surface area contributed by atoms with E-state index in [-0.39, 0.29) is 5.02 Å². The highest BCUT2D eigenvalue weighted by molar-refractivity contribution is 6.30. The van der Waals surface area contributed by atoms with Crippen LogP contribution >= 0.6 is 11.6 Å². The van der Waals surface area contributed by atoms with E-state index in [0.717, 1.165) is 17.9 Å². The third-order valence-electron chi connectivity index (χ3n) is 2.90. The molecule has 4 nitrogen and oxygen atoms in total. The minimum atomic E-state index is -0.400. The number of rotatable bonds is 7. The average Bonchev–Trinajstić information content (AvgIpc) is 2.86. The van der Waals surface area contributed by atoms with E-state index in [1.807, 2.05) is 10.8 Å². The zero-order chi connectivity index (χ0) is 14.4. The fourth-order valence-electron chi connectivity index (χ4n) is 1.86. The summed E-state index contributed by atoms with van der Waals surface area (Å²) in [6.45, 7) is 2.70. The van der Waals surface area contributed by atoms with Crippen LogP contribution in [0, 0.1) is 5.82 Å². The zero-order valence-corrected chi connectivity index (χ0v) is 12.0. The number of aromatic nitrogens is 2. The van der Waals surface area contributed by atoms with Gasteiger partial charge in [0.1, 0.15) is 11.6 Å². The van der Waals surface area contributed by atoms with Gasteiger partial charge in [0.05, 0.1) is 18.2 Å². The first-order valence-corrected chi connectivity index (χ1v) is 6.72. The molecular weight excluding hydrogens is 281 g/mol. The Morgan fingerprint density at radius 2 is 2.30 bits per heavy atom. The van der Waals surface area contributed by atoms with Crippen molar-refractivity contribution in [2.24, 2.45) is 0 Å². The van der Waals surface area contributed by atoms with Gasteiger partial charge in [0.2, 0.25) is 0 Å². The predicted octanol–water partition coefficient (Wildman–Crippen LogP) is 2.46. The standard InChI is InChI=1S/C14H17ClFN3O/c1-20-7-5-17-9-14-18-4-6-19(14)10-11-2-3-13(16)12(15)8-11/h2-4,6,8,17H,5,7,9-10H2,1H3. The van der Waals surface area contributed by atoms with Crippen LogP contribution in [-0.4, -0.2) is 29.8 Å². The van der Waals surface area contributed by atoms with E-state index in [1.165, 1.54) is 6.07 Å². The van der Waals surface area contributed by atoms with Crippen molar-refractivity contribution in [2.45, 2.75) is 13.1 Å². The fourth-order valence-corrected chi connectivity index (χ4v) is 2.06. The third kappa shape index (κ3) is 4.03. The number of methoxy groups -OCH3 is 1. The Morgan fingerprint density at radius 1 is 1.45 bits per heavy atom. The Balaban J connectivity index is 1.99. The second-order valence-electron chi connectivity index (χ2n) is 4.39. The summed E-state index contributed by atoms with van der Waals surface area (Å²) in [4.78, 5) is 4.30. The fraction of sp³-hybridized carbons (Fsp3) is 0.357. The van der Waals surface area contributed by atoms with Crippen molar-refractivity contribution in [1.82, 2.24) is 14.9 Å². The van der Waals surface area contributed by atoms with Crippen LogP contribution in [0.25, 0.3) is 0 Å². The molecule has 0 aliphatic heterocycles. The van der Waals surface area contributed by atoms with Crippen LogP contribution in [0.5, 0.6) is 0 Å². The van der Waals surface area contributed by atoms with Crippen molar-refractivity contribution >= 4 is 11.6 Å². The van der Waals surface area contributed by atoms with E-state index in [9.17, 15) is 4.39 Å². The third-order valence-corrected chi connectivity index (χ3v) is 3.19. The van der Waals surface area contributed by atoms with Gasteiger partial charge in [-0.25, -0.2) is 9.37 Å². The summed E-state index contributed by atoms with van der Waals surface area (Å²) in [5, 5.41) is 3.38. The maximum absolute atomic E-state index is 13.1. The molecular formula is C14H17ClFN3O. The monoisotopic (exact) mass is 297 g/mol. The topological polar surface area (TPSA) is 39.1 Å². The molecule has 1 heterocycles. The summed E-state index contributed by atoms with van der Waals surface area (Å²) in [5.74, 6) is 0.518.